The Kier molecular flexibility index (Phi) is 6.32. The Hall–Kier alpha value is -2.88. The zero-order valence-electron chi connectivity index (χ0n) is 18.1. The standard InChI is InChI=1S/C26H31N3O/c1-3-28-16-15-27-25(28)19-29(24-14-13-22-11-7-8-12-23(22)18-24)26(30)17-20(2)21-9-5-4-6-10-21/h4-6,9-10,13-16,18,20H,3,7-8,11-12,17,19H2,1-2H3/t20-/m0/s1. The van der Waals surface area contributed by atoms with Gasteiger partial charge in [-0.2, -0.15) is 0 Å². The summed E-state index contributed by atoms with van der Waals surface area (Å²) in [5.74, 6) is 1.24. The molecule has 0 fully saturated rings. The molecule has 3 aromatic rings. The number of fused-ring (bicyclic) bond motifs is 1. The van der Waals surface area contributed by atoms with Crippen molar-refractivity contribution in [1.29, 1.82) is 0 Å². The largest absolute Gasteiger partial charge is 0.334 e. The molecule has 4 rings (SSSR count). The van der Waals surface area contributed by atoms with E-state index in [1.807, 2.05) is 35.5 Å². The number of amides is 1. The second kappa shape index (κ2) is 9.29. The quantitative estimate of drug-likeness (QED) is 0.524. The number of aryl methyl sites for hydroxylation is 3. The number of hydrogen-bond acceptors (Lipinski definition) is 2. The van der Waals surface area contributed by atoms with Crippen molar-refractivity contribution in [1.82, 2.24) is 9.55 Å². The Morgan fingerprint density at radius 2 is 1.87 bits per heavy atom. The molecule has 1 atom stereocenters. The number of carbonyl (C=O) groups excluding carboxylic acids is 1. The summed E-state index contributed by atoms with van der Waals surface area (Å²) >= 11 is 0. The summed E-state index contributed by atoms with van der Waals surface area (Å²) in [6.45, 7) is 5.58. The SMILES string of the molecule is CCn1ccnc1CN(C(=O)C[C@H](C)c1ccccc1)c1ccc2c(c1)CCCC2. The lowest BCUT2D eigenvalue weighted by Crippen LogP contribution is -2.32. The van der Waals surface area contributed by atoms with E-state index in [0.29, 0.717) is 13.0 Å². The number of imidazole rings is 1. The molecule has 2 aromatic carbocycles. The van der Waals surface area contributed by atoms with Gasteiger partial charge in [-0.3, -0.25) is 4.79 Å². The van der Waals surface area contributed by atoms with Gasteiger partial charge in [-0.15, -0.1) is 0 Å². The van der Waals surface area contributed by atoms with Crippen LogP contribution in [0.3, 0.4) is 0 Å². The second-order valence-corrected chi connectivity index (χ2v) is 8.29. The van der Waals surface area contributed by atoms with Crippen molar-refractivity contribution in [3.63, 3.8) is 0 Å². The summed E-state index contributed by atoms with van der Waals surface area (Å²) in [6.07, 6.45) is 9.03. The van der Waals surface area contributed by atoms with Gasteiger partial charge in [0.15, 0.2) is 0 Å². The third-order valence-electron chi connectivity index (χ3n) is 6.24. The Bertz CT molecular complexity index is 993. The Balaban J connectivity index is 1.62. The van der Waals surface area contributed by atoms with Crippen LogP contribution < -0.4 is 4.90 Å². The van der Waals surface area contributed by atoms with Crippen LogP contribution in [0, 0.1) is 0 Å². The van der Waals surface area contributed by atoms with Crippen molar-refractivity contribution >= 4 is 11.6 Å². The third kappa shape index (κ3) is 4.48. The van der Waals surface area contributed by atoms with Crippen LogP contribution in [-0.4, -0.2) is 15.5 Å². The average Bonchev–Trinajstić information content (AvgIpc) is 3.25. The van der Waals surface area contributed by atoms with E-state index in [1.54, 1.807) is 0 Å². The summed E-state index contributed by atoms with van der Waals surface area (Å²) < 4.78 is 2.11. The lowest BCUT2D eigenvalue weighted by atomic mass is 9.91. The molecule has 1 heterocycles. The molecule has 4 nitrogen and oxygen atoms in total. The number of aromatic nitrogens is 2. The molecule has 0 radical (unpaired) electrons. The fraction of sp³-hybridized carbons (Fsp3) is 0.385. The number of nitrogens with zero attached hydrogens (tertiary/aromatic N) is 3. The molecule has 1 aliphatic carbocycles. The van der Waals surface area contributed by atoms with E-state index in [2.05, 4.69) is 53.7 Å². The van der Waals surface area contributed by atoms with Gasteiger partial charge >= 0.3 is 0 Å². The van der Waals surface area contributed by atoms with Gasteiger partial charge in [-0.25, -0.2) is 4.98 Å². The van der Waals surface area contributed by atoms with Crippen molar-refractivity contribution in [3.8, 4) is 0 Å². The number of carbonyl (C=O) groups is 1. The topological polar surface area (TPSA) is 38.1 Å². The van der Waals surface area contributed by atoms with Gasteiger partial charge in [0.25, 0.3) is 0 Å². The molecule has 0 unspecified atom stereocenters. The van der Waals surface area contributed by atoms with E-state index in [0.717, 1.165) is 30.9 Å². The van der Waals surface area contributed by atoms with Gasteiger partial charge in [0, 0.05) is 31.0 Å². The van der Waals surface area contributed by atoms with E-state index in [1.165, 1.54) is 29.5 Å². The first kappa shape index (κ1) is 20.4. The Labute approximate surface area is 179 Å². The molecule has 1 amide bonds. The highest BCUT2D eigenvalue weighted by molar-refractivity contribution is 5.93. The smallest absolute Gasteiger partial charge is 0.228 e. The van der Waals surface area contributed by atoms with Gasteiger partial charge in [0.05, 0.1) is 6.54 Å². The molecule has 0 aliphatic heterocycles. The van der Waals surface area contributed by atoms with Crippen LogP contribution in [0.15, 0.2) is 60.9 Å². The lowest BCUT2D eigenvalue weighted by Gasteiger charge is -2.26. The minimum absolute atomic E-state index is 0.146. The van der Waals surface area contributed by atoms with E-state index in [-0.39, 0.29) is 11.8 Å². The minimum atomic E-state index is 0.146. The van der Waals surface area contributed by atoms with Crippen molar-refractivity contribution in [3.05, 3.63) is 83.4 Å². The summed E-state index contributed by atoms with van der Waals surface area (Å²) in [6, 6.07) is 16.9. The van der Waals surface area contributed by atoms with Crippen molar-refractivity contribution in [2.75, 3.05) is 4.90 Å². The molecule has 1 aromatic heterocycles. The second-order valence-electron chi connectivity index (χ2n) is 8.29. The first-order valence-corrected chi connectivity index (χ1v) is 11.1. The molecular formula is C26H31N3O. The Morgan fingerprint density at radius 3 is 2.63 bits per heavy atom. The van der Waals surface area contributed by atoms with Gasteiger partial charge in [0.1, 0.15) is 5.82 Å². The van der Waals surface area contributed by atoms with Gasteiger partial charge in [0.2, 0.25) is 5.91 Å². The number of hydrogen-bond donors (Lipinski definition) is 0. The normalized spacial score (nSPS) is 14.2. The maximum Gasteiger partial charge on any atom is 0.228 e. The lowest BCUT2D eigenvalue weighted by molar-refractivity contribution is -0.119. The molecule has 0 N–H and O–H groups in total. The summed E-state index contributed by atoms with van der Waals surface area (Å²) in [5.41, 5.74) is 5.02. The molecule has 0 saturated carbocycles. The van der Waals surface area contributed by atoms with Crippen LogP contribution in [-0.2, 0) is 30.7 Å². The number of anilines is 1. The van der Waals surface area contributed by atoms with Crippen molar-refractivity contribution < 1.29 is 4.79 Å². The zero-order valence-corrected chi connectivity index (χ0v) is 18.1. The average molecular weight is 402 g/mol. The predicted octanol–water partition coefficient (Wildman–Crippen LogP) is 5.51. The minimum Gasteiger partial charge on any atom is -0.334 e. The summed E-state index contributed by atoms with van der Waals surface area (Å²) in [4.78, 5) is 20.0. The maximum absolute atomic E-state index is 13.5. The van der Waals surface area contributed by atoms with Crippen LogP contribution >= 0.6 is 0 Å². The van der Waals surface area contributed by atoms with Crippen LogP contribution in [0.5, 0.6) is 0 Å². The van der Waals surface area contributed by atoms with Gasteiger partial charge in [-0.05, 0) is 67.3 Å². The first-order chi connectivity index (χ1) is 14.7. The molecule has 0 bridgehead atoms. The number of benzene rings is 2. The van der Waals surface area contributed by atoms with E-state index >= 15 is 0 Å². The first-order valence-electron chi connectivity index (χ1n) is 11.1. The summed E-state index contributed by atoms with van der Waals surface area (Å²) in [7, 11) is 0. The van der Waals surface area contributed by atoms with Crippen molar-refractivity contribution in [2.24, 2.45) is 0 Å². The van der Waals surface area contributed by atoms with Gasteiger partial charge < -0.3 is 9.47 Å². The van der Waals surface area contributed by atoms with E-state index < -0.39 is 0 Å². The highest BCUT2D eigenvalue weighted by Crippen LogP contribution is 2.29. The van der Waals surface area contributed by atoms with Crippen LogP contribution in [0.4, 0.5) is 5.69 Å². The fourth-order valence-corrected chi connectivity index (χ4v) is 4.40. The molecule has 156 valence electrons. The van der Waals surface area contributed by atoms with E-state index in [9.17, 15) is 4.79 Å². The molecule has 1 aliphatic rings. The van der Waals surface area contributed by atoms with Gasteiger partial charge in [-0.1, -0.05) is 43.3 Å². The van der Waals surface area contributed by atoms with Crippen LogP contribution in [0.1, 0.15) is 61.5 Å². The van der Waals surface area contributed by atoms with Crippen LogP contribution in [0.25, 0.3) is 0 Å². The third-order valence-corrected chi connectivity index (χ3v) is 6.24. The van der Waals surface area contributed by atoms with Crippen LogP contribution in [0.2, 0.25) is 0 Å². The molecule has 4 heteroatoms. The fourth-order valence-electron chi connectivity index (χ4n) is 4.40. The maximum atomic E-state index is 13.5. The molecule has 0 saturated heterocycles. The Morgan fingerprint density at radius 1 is 1.10 bits per heavy atom. The predicted molar refractivity (Wildman–Crippen MR) is 122 cm³/mol. The number of rotatable bonds is 7. The highest BCUT2D eigenvalue weighted by Gasteiger charge is 2.22. The molecular weight excluding hydrogens is 370 g/mol. The molecule has 0 spiro atoms. The van der Waals surface area contributed by atoms with Crippen molar-refractivity contribution in [2.45, 2.75) is 65.0 Å². The summed E-state index contributed by atoms with van der Waals surface area (Å²) in [5, 5.41) is 0. The molecule has 30 heavy (non-hydrogen) atoms. The monoisotopic (exact) mass is 401 g/mol. The van der Waals surface area contributed by atoms with E-state index in [4.69, 9.17) is 0 Å². The zero-order chi connectivity index (χ0) is 20.9. The highest BCUT2D eigenvalue weighted by atomic mass is 16.2.